The Kier molecular flexibility index (Phi) is 5.44. The molecule has 0 saturated carbocycles. The molecule has 4 heteroatoms. The molecule has 0 aromatic carbocycles. The molecule has 0 radical (unpaired) electrons. The van der Waals surface area contributed by atoms with Crippen LogP contribution in [-0.2, 0) is 6.54 Å². The maximum Gasteiger partial charge on any atom is 0.403 e. The van der Waals surface area contributed by atoms with E-state index in [-0.39, 0.29) is 0 Å². The molecule has 0 unspecified atom stereocenters. The predicted octanol–water partition coefficient (Wildman–Crippen LogP) is 5.02. The van der Waals surface area contributed by atoms with E-state index in [1.807, 2.05) is 23.6 Å². The van der Waals surface area contributed by atoms with Crippen molar-refractivity contribution in [2.24, 2.45) is 0 Å². The molecular formula is C19H26N3S+. The van der Waals surface area contributed by atoms with Crippen LogP contribution in [-0.4, -0.2) is 9.55 Å². The first-order valence-corrected chi connectivity index (χ1v) is 9.58. The summed E-state index contributed by atoms with van der Waals surface area (Å²) in [6, 6.07) is 4.27. The van der Waals surface area contributed by atoms with Crippen molar-refractivity contribution in [2.45, 2.75) is 58.9 Å². The monoisotopic (exact) mass is 328 g/mol. The van der Waals surface area contributed by atoms with Gasteiger partial charge in [-0.15, -0.1) is 11.3 Å². The van der Waals surface area contributed by atoms with Gasteiger partial charge in [-0.2, -0.15) is 0 Å². The van der Waals surface area contributed by atoms with Gasteiger partial charge in [0.25, 0.3) is 0 Å². The molecule has 3 rings (SSSR count). The van der Waals surface area contributed by atoms with E-state index in [0.717, 1.165) is 12.3 Å². The second-order valence-electron chi connectivity index (χ2n) is 6.25. The van der Waals surface area contributed by atoms with Crippen LogP contribution < -0.4 is 4.40 Å². The Morgan fingerprint density at radius 2 is 2.00 bits per heavy atom. The molecule has 0 fully saturated rings. The standard InChI is InChI=1S/C19H26N3S/c1-3-4-5-6-7-8-12-22-17(18-13-16(2)15-23-18)14-21-11-9-10-20-19(21)22/h9-11,13-15H,3-8,12H2,1-2H3/q+1. The number of unbranched alkanes of at least 4 members (excludes halogenated alkanes) is 5. The lowest BCUT2D eigenvalue weighted by Crippen LogP contribution is -2.19. The molecule has 0 atom stereocenters. The second kappa shape index (κ2) is 7.73. The fourth-order valence-corrected chi connectivity index (χ4v) is 3.94. The maximum atomic E-state index is 4.59. The Balaban J connectivity index is 1.79. The Labute approximate surface area is 142 Å². The summed E-state index contributed by atoms with van der Waals surface area (Å²) < 4.78 is 4.52. The Morgan fingerprint density at radius 1 is 1.17 bits per heavy atom. The van der Waals surface area contributed by atoms with E-state index in [9.17, 15) is 0 Å². The van der Waals surface area contributed by atoms with E-state index >= 15 is 0 Å². The number of nitrogens with zero attached hydrogens (tertiary/aromatic N) is 3. The molecule has 3 aromatic rings. The van der Waals surface area contributed by atoms with E-state index in [2.05, 4.69) is 51.6 Å². The van der Waals surface area contributed by atoms with Gasteiger partial charge in [0.2, 0.25) is 0 Å². The number of fused-ring (bicyclic) bond motifs is 1. The van der Waals surface area contributed by atoms with Crippen LogP contribution in [0.1, 0.15) is 51.0 Å². The van der Waals surface area contributed by atoms with Crippen LogP contribution in [0, 0.1) is 6.92 Å². The van der Waals surface area contributed by atoms with Crippen molar-refractivity contribution in [1.82, 2.24) is 9.55 Å². The van der Waals surface area contributed by atoms with Crippen molar-refractivity contribution in [3.63, 3.8) is 0 Å². The van der Waals surface area contributed by atoms with Gasteiger partial charge >= 0.3 is 5.78 Å². The minimum atomic E-state index is 1.04. The van der Waals surface area contributed by atoms with Crippen molar-refractivity contribution in [1.29, 1.82) is 0 Å². The van der Waals surface area contributed by atoms with Gasteiger partial charge in [0.05, 0.1) is 17.6 Å². The first-order chi connectivity index (χ1) is 11.3. The van der Waals surface area contributed by atoms with Crippen LogP contribution >= 0.6 is 11.3 Å². The molecule has 0 saturated heterocycles. The zero-order chi connectivity index (χ0) is 16.1. The summed E-state index contributed by atoms with van der Waals surface area (Å²) in [5.74, 6) is 1.04. The molecule has 0 aliphatic heterocycles. The third kappa shape index (κ3) is 3.81. The van der Waals surface area contributed by atoms with Gasteiger partial charge in [0, 0.05) is 6.07 Å². The van der Waals surface area contributed by atoms with Gasteiger partial charge in [0.1, 0.15) is 12.4 Å². The Hall–Kier alpha value is -1.68. The molecule has 0 bridgehead atoms. The molecular weight excluding hydrogens is 302 g/mol. The van der Waals surface area contributed by atoms with Gasteiger partial charge in [-0.1, -0.05) is 44.0 Å². The van der Waals surface area contributed by atoms with Gasteiger partial charge in [-0.3, -0.25) is 0 Å². The Morgan fingerprint density at radius 3 is 2.78 bits per heavy atom. The average Bonchev–Trinajstić information content (AvgIpc) is 3.14. The molecule has 3 nitrogen and oxygen atoms in total. The lowest BCUT2D eigenvalue weighted by molar-refractivity contribution is -0.513. The fraction of sp³-hybridized carbons (Fsp3) is 0.474. The predicted molar refractivity (Wildman–Crippen MR) is 96.8 cm³/mol. The van der Waals surface area contributed by atoms with E-state index < -0.39 is 0 Å². The van der Waals surface area contributed by atoms with E-state index in [4.69, 9.17) is 0 Å². The molecule has 122 valence electrons. The highest BCUT2D eigenvalue weighted by Crippen LogP contribution is 2.27. The molecule has 3 aromatic heterocycles. The number of hydrogen-bond acceptors (Lipinski definition) is 2. The van der Waals surface area contributed by atoms with Crippen molar-refractivity contribution < 1.29 is 4.40 Å². The quantitative estimate of drug-likeness (QED) is 0.420. The summed E-state index contributed by atoms with van der Waals surface area (Å²) in [5.41, 5.74) is 2.62. The Bertz CT molecular complexity index is 757. The van der Waals surface area contributed by atoms with Crippen molar-refractivity contribution >= 4 is 17.1 Å². The zero-order valence-corrected chi connectivity index (χ0v) is 15.0. The third-order valence-corrected chi connectivity index (χ3v) is 5.34. The zero-order valence-electron chi connectivity index (χ0n) is 14.2. The molecule has 23 heavy (non-hydrogen) atoms. The number of aromatic nitrogens is 3. The fourth-order valence-electron chi connectivity index (χ4n) is 3.03. The number of aryl methyl sites for hydroxylation is 2. The topological polar surface area (TPSA) is 21.9 Å². The lowest BCUT2D eigenvalue weighted by atomic mass is 10.1. The highest BCUT2D eigenvalue weighted by Gasteiger charge is 2.19. The molecule has 0 N–H and O–H groups in total. The average molecular weight is 329 g/mol. The number of rotatable bonds is 8. The summed E-state index contributed by atoms with van der Waals surface area (Å²) in [6.45, 7) is 5.47. The van der Waals surface area contributed by atoms with Crippen molar-refractivity contribution in [3.8, 4) is 10.6 Å². The largest absolute Gasteiger partial charge is 0.403 e. The van der Waals surface area contributed by atoms with Crippen LogP contribution in [0.3, 0.4) is 0 Å². The normalized spacial score (nSPS) is 11.4. The summed E-state index contributed by atoms with van der Waals surface area (Å²) in [5, 5.41) is 2.22. The summed E-state index contributed by atoms with van der Waals surface area (Å²) >= 11 is 1.82. The van der Waals surface area contributed by atoms with Crippen LogP contribution in [0.15, 0.2) is 36.1 Å². The molecule has 0 aliphatic carbocycles. The van der Waals surface area contributed by atoms with Crippen molar-refractivity contribution in [3.05, 3.63) is 41.7 Å². The minimum absolute atomic E-state index is 1.04. The highest BCUT2D eigenvalue weighted by molar-refractivity contribution is 7.13. The number of imidazole rings is 1. The van der Waals surface area contributed by atoms with E-state index in [1.165, 1.54) is 54.7 Å². The van der Waals surface area contributed by atoms with Crippen molar-refractivity contribution in [2.75, 3.05) is 0 Å². The summed E-state index contributed by atoms with van der Waals surface area (Å²) in [6.07, 6.45) is 14.1. The SMILES string of the molecule is CCCCCCCCn1c(-c2cc(C)cs2)c[n+]2cccnc12. The molecule has 0 amide bonds. The van der Waals surface area contributed by atoms with Gasteiger partial charge < -0.3 is 0 Å². The molecule has 0 aliphatic rings. The van der Waals surface area contributed by atoms with E-state index in [0.29, 0.717) is 0 Å². The number of hydrogen-bond donors (Lipinski definition) is 0. The van der Waals surface area contributed by atoms with E-state index in [1.54, 1.807) is 0 Å². The van der Waals surface area contributed by atoms with Crippen LogP contribution in [0.4, 0.5) is 0 Å². The lowest BCUT2D eigenvalue weighted by Gasteiger charge is -2.03. The highest BCUT2D eigenvalue weighted by atomic mass is 32.1. The van der Waals surface area contributed by atoms with Gasteiger partial charge in [-0.05, 0) is 30.4 Å². The summed E-state index contributed by atoms with van der Waals surface area (Å²) in [7, 11) is 0. The van der Waals surface area contributed by atoms with Crippen LogP contribution in [0.25, 0.3) is 16.3 Å². The maximum absolute atomic E-state index is 4.59. The van der Waals surface area contributed by atoms with Gasteiger partial charge in [0.15, 0.2) is 5.69 Å². The molecule has 3 heterocycles. The molecule has 0 spiro atoms. The first kappa shape index (κ1) is 16.2. The summed E-state index contributed by atoms with van der Waals surface area (Å²) in [4.78, 5) is 5.93. The van der Waals surface area contributed by atoms with Crippen LogP contribution in [0.2, 0.25) is 0 Å². The van der Waals surface area contributed by atoms with Crippen LogP contribution in [0.5, 0.6) is 0 Å². The first-order valence-electron chi connectivity index (χ1n) is 8.70. The number of thiophene rings is 1. The second-order valence-corrected chi connectivity index (χ2v) is 7.16. The minimum Gasteiger partial charge on any atom is -0.224 e. The van der Waals surface area contributed by atoms with Gasteiger partial charge in [-0.25, -0.2) is 8.97 Å². The smallest absolute Gasteiger partial charge is 0.224 e. The third-order valence-electron chi connectivity index (χ3n) is 4.27.